The Morgan fingerprint density at radius 3 is 2.28 bits per heavy atom. The lowest BCUT2D eigenvalue weighted by atomic mass is 10.0. The zero-order valence-electron chi connectivity index (χ0n) is 15.7. The SMILES string of the molecule is Nc1ccc([N+](=O)[O-])cc1N=Nc1scc(-c2ccccc2O)c1C(=O)O.O=S(=O)(O)O. The summed E-state index contributed by atoms with van der Waals surface area (Å²) in [6.45, 7) is 0. The molecular weight excluding hydrogens is 468 g/mol. The third-order valence-corrected chi connectivity index (χ3v) is 4.52. The number of phenolic OH excluding ortho intramolecular Hbond substituents is 1. The first-order chi connectivity index (χ1) is 14.9. The number of azo groups is 1. The van der Waals surface area contributed by atoms with Crippen LogP contribution in [-0.4, -0.2) is 38.6 Å². The van der Waals surface area contributed by atoms with Gasteiger partial charge in [0, 0.05) is 28.6 Å². The molecule has 13 nitrogen and oxygen atoms in total. The number of non-ortho nitro benzene ring substituents is 1. The van der Waals surface area contributed by atoms with Gasteiger partial charge in [-0.2, -0.15) is 8.42 Å². The van der Waals surface area contributed by atoms with Crippen molar-refractivity contribution in [3.05, 3.63) is 63.5 Å². The van der Waals surface area contributed by atoms with Crippen LogP contribution in [0.5, 0.6) is 5.75 Å². The smallest absolute Gasteiger partial charge is 0.394 e. The first-order valence-electron chi connectivity index (χ1n) is 8.17. The number of phenols is 1. The molecule has 1 aromatic heterocycles. The summed E-state index contributed by atoms with van der Waals surface area (Å²) >= 11 is 1.02. The number of para-hydroxylation sites is 1. The van der Waals surface area contributed by atoms with Crippen LogP contribution < -0.4 is 5.73 Å². The topological polar surface area (TPSA) is 226 Å². The maximum absolute atomic E-state index is 11.7. The van der Waals surface area contributed by atoms with Crippen LogP contribution in [0.2, 0.25) is 0 Å². The van der Waals surface area contributed by atoms with Crippen molar-refractivity contribution in [2.75, 3.05) is 5.73 Å². The highest BCUT2D eigenvalue weighted by Gasteiger charge is 2.21. The molecule has 3 aromatic rings. The van der Waals surface area contributed by atoms with Gasteiger partial charge in [0.2, 0.25) is 0 Å². The standard InChI is InChI=1S/C17H12N4O5S.H2O4S/c18-12-6-5-9(21(25)26)7-13(12)19-20-16-15(17(23)24)11(8-27-16)10-3-1-2-4-14(10)22;1-5(2,3)4/h1-8,22H,18H2,(H,23,24);(H2,1,2,3,4). The molecule has 0 fully saturated rings. The summed E-state index contributed by atoms with van der Waals surface area (Å²) in [6, 6.07) is 10.0. The van der Waals surface area contributed by atoms with Crippen LogP contribution in [0.1, 0.15) is 10.4 Å². The number of carboxylic acid groups (broad SMARTS) is 1. The van der Waals surface area contributed by atoms with Crippen LogP contribution in [0.25, 0.3) is 11.1 Å². The van der Waals surface area contributed by atoms with E-state index in [4.69, 9.17) is 23.3 Å². The van der Waals surface area contributed by atoms with Crippen molar-refractivity contribution in [3.8, 4) is 16.9 Å². The van der Waals surface area contributed by atoms with Crippen LogP contribution in [0.15, 0.2) is 58.1 Å². The van der Waals surface area contributed by atoms with Crippen molar-refractivity contribution in [3.63, 3.8) is 0 Å². The summed E-state index contributed by atoms with van der Waals surface area (Å²) in [5.41, 5.74) is 6.27. The second-order valence-corrected chi connectivity index (χ2v) is 7.55. The van der Waals surface area contributed by atoms with Crippen molar-refractivity contribution in [2.45, 2.75) is 0 Å². The lowest BCUT2D eigenvalue weighted by molar-refractivity contribution is -0.384. The number of anilines is 1. The van der Waals surface area contributed by atoms with Gasteiger partial charge in [0.15, 0.2) is 5.00 Å². The number of hydrogen-bond acceptors (Lipinski definition) is 10. The summed E-state index contributed by atoms with van der Waals surface area (Å²) in [6.07, 6.45) is 0. The van der Waals surface area contributed by atoms with Crippen LogP contribution in [0.3, 0.4) is 0 Å². The van der Waals surface area contributed by atoms with Gasteiger partial charge in [-0.3, -0.25) is 19.2 Å². The summed E-state index contributed by atoms with van der Waals surface area (Å²) in [5, 5.41) is 39.8. The number of carboxylic acids is 1. The number of aromatic carboxylic acids is 1. The van der Waals surface area contributed by atoms with E-state index in [1.165, 1.54) is 18.2 Å². The molecule has 0 amide bonds. The number of nitrogens with zero attached hydrogens (tertiary/aromatic N) is 3. The molecular formula is C17H14N4O9S2. The van der Waals surface area contributed by atoms with Crippen molar-refractivity contribution in [2.24, 2.45) is 10.2 Å². The molecule has 32 heavy (non-hydrogen) atoms. The minimum absolute atomic E-state index is 0.0537. The molecule has 2 aromatic carbocycles. The molecule has 0 aliphatic rings. The fraction of sp³-hybridized carbons (Fsp3) is 0. The summed E-state index contributed by atoms with van der Waals surface area (Å²) in [5.74, 6) is -1.31. The van der Waals surface area contributed by atoms with E-state index >= 15 is 0 Å². The van der Waals surface area contributed by atoms with E-state index in [-0.39, 0.29) is 33.4 Å². The highest BCUT2D eigenvalue weighted by Crippen LogP contribution is 2.41. The Hall–Kier alpha value is -3.92. The maximum Gasteiger partial charge on any atom is 0.394 e. The van der Waals surface area contributed by atoms with Gasteiger partial charge < -0.3 is 15.9 Å². The van der Waals surface area contributed by atoms with Crippen LogP contribution >= 0.6 is 11.3 Å². The second-order valence-electron chi connectivity index (χ2n) is 5.80. The monoisotopic (exact) mass is 482 g/mol. The number of nitrogens with two attached hydrogens (primary N) is 1. The molecule has 0 aliphatic heterocycles. The highest BCUT2D eigenvalue weighted by molar-refractivity contribution is 7.79. The fourth-order valence-corrected chi connectivity index (χ4v) is 3.24. The molecule has 3 rings (SSSR count). The number of carbonyl (C=O) groups is 1. The largest absolute Gasteiger partial charge is 0.507 e. The van der Waals surface area contributed by atoms with Crippen molar-refractivity contribution >= 4 is 49.8 Å². The molecule has 0 bridgehead atoms. The number of nitro benzene ring substituents is 1. The molecule has 168 valence electrons. The third kappa shape index (κ3) is 6.54. The third-order valence-electron chi connectivity index (χ3n) is 3.65. The van der Waals surface area contributed by atoms with Crippen molar-refractivity contribution in [1.82, 2.24) is 0 Å². The number of hydrogen-bond donors (Lipinski definition) is 5. The Kier molecular flexibility index (Phi) is 7.55. The Labute approximate surface area is 183 Å². The van der Waals surface area contributed by atoms with Crippen LogP contribution in [0, 0.1) is 10.1 Å². The molecule has 0 radical (unpaired) electrons. The normalized spacial score (nSPS) is 11.1. The zero-order chi connectivity index (χ0) is 24.1. The van der Waals surface area contributed by atoms with E-state index in [1.54, 1.807) is 23.6 Å². The molecule has 0 atom stereocenters. The molecule has 0 saturated carbocycles. The van der Waals surface area contributed by atoms with Gasteiger partial charge in [-0.25, -0.2) is 4.79 Å². The first kappa shape index (κ1) is 24.4. The summed E-state index contributed by atoms with van der Waals surface area (Å²) in [4.78, 5) is 22.0. The van der Waals surface area contributed by atoms with Gasteiger partial charge in [0.05, 0.1) is 10.6 Å². The number of aromatic hydroxyl groups is 1. The Balaban J connectivity index is 0.000000654. The average Bonchev–Trinajstić information content (AvgIpc) is 3.10. The quantitative estimate of drug-likeness (QED) is 0.115. The van der Waals surface area contributed by atoms with Crippen molar-refractivity contribution in [1.29, 1.82) is 0 Å². The van der Waals surface area contributed by atoms with Gasteiger partial charge >= 0.3 is 16.4 Å². The van der Waals surface area contributed by atoms with E-state index in [0.717, 1.165) is 17.4 Å². The van der Waals surface area contributed by atoms with Gasteiger partial charge in [-0.1, -0.05) is 18.2 Å². The predicted molar refractivity (Wildman–Crippen MR) is 114 cm³/mol. The van der Waals surface area contributed by atoms with Crippen LogP contribution in [0.4, 0.5) is 22.1 Å². The Morgan fingerprint density at radius 1 is 1.09 bits per heavy atom. The van der Waals surface area contributed by atoms with E-state index < -0.39 is 21.3 Å². The number of benzene rings is 2. The van der Waals surface area contributed by atoms with Crippen LogP contribution in [-0.2, 0) is 10.4 Å². The molecule has 15 heteroatoms. The number of nitrogen functional groups attached to an aromatic ring is 1. The number of thiophene rings is 1. The highest BCUT2D eigenvalue weighted by atomic mass is 32.3. The van der Waals surface area contributed by atoms with Gasteiger partial charge in [0.1, 0.15) is 17.0 Å². The molecule has 0 saturated heterocycles. The summed E-state index contributed by atoms with van der Waals surface area (Å²) < 4.78 is 31.6. The maximum atomic E-state index is 11.7. The average molecular weight is 482 g/mol. The van der Waals surface area contributed by atoms with E-state index in [2.05, 4.69) is 10.2 Å². The lowest BCUT2D eigenvalue weighted by Crippen LogP contribution is -1.96. The summed E-state index contributed by atoms with van der Waals surface area (Å²) in [7, 11) is -4.67. The zero-order valence-corrected chi connectivity index (χ0v) is 17.3. The molecule has 0 aliphatic carbocycles. The Morgan fingerprint density at radius 2 is 1.72 bits per heavy atom. The minimum Gasteiger partial charge on any atom is -0.507 e. The number of rotatable bonds is 5. The van der Waals surface area contributed by atoms with E-state index in [9.17, 15) is 25.1 Å². The first-order valence-corrected chi connectivity index (χ1v) is 10.4. The molecule has 0 spiro atoms. The lowest BCUT2D eigenvalue weighted by Gasteiger charge is -2.04. The molecule has 1 heterocycles. The van der Waals surface area contributed by atoms with Gasteiger partial charge in [0.25, 0.3) is 5.69 Å². The number of nitro groups is 1. The van der Waals surface area contributed by atoms with Gasteiger partial charge in [-0.15, -0.1) is 21.6 Å². The second kappa shape index (κ2) is 9.92. The Bertz CT molecular complexity index is 1300. The molecule has 6 N–H and O–H groups in total. The fourth-order valence-electron chi connectivity index (χ4n) is 2.36. The molecule has 0 unspecified atom stereocenters. The van der Waals surface area contributed by atoms with E-state index in [1.807, 2.05) is 0 Å². The van der Waals surface area contributed by atoms with Gasteiger partial charge in [-0.05, 0) is 12.1 Å². The van der Waals surface area contributed by atoms with Crippen molar-refractivity contribution < 1.29 is 37.5 Å². The minimum atomic E-state index is -4.67. The predicted octanol–water partition coefficient (Wildman–Crippen LogP) is 4.07. The van der Waals surface area contributed by atoms with E-state index in [0.29, 0.717) is 11.1 Å².